The minimum absolute atomic E-state index is 0.258. The molecule has 1 fully saturated rings. The van der Waals surface area contributed by atoms with E-state index in [1.807, 2.05) is 6.07 Å². The number of hydrogen-bond acceptors (Lipinski definition) is 5. The number of carbonyl (C=O) groups is 2. The molecule has 6 heteroatoms. The fraction of sp³-hybridized carbons (Fsp3) is 0.250. The van der Waals surface area contributed by atoms with Crippen LogP contribution in [-0.4, -0.2) is 17.9 Å². The predicted molar refractivity (Wildman–Crippen MR) is 65.4 cm³/mol. The maximum Gasteiger partial charge on any atom is 0.249 e. The molecular weight excluding hydrogens is 232 g/mol. The van der Waals surface area contributed by atoms with E-state index in [1.54, 1.807) is 12.1 Å². The van der Waals surface area contributed by atoms with Gasteiger partial charge < -0.3 is 11.1 Å². The van der Waals surface area contributed by atoms with Gasteiger partial charge in [-0.2, -0.15) is 5.26 Å². The Bertz CT molecular complexity index is 547. The van der Waals surface area contributed by atoms with Gasteiger partial charge in [-0.25, -0.2) is 0 Å². The summed E-state index contributed by atoms with van der Waals surface area (Å²) in [4.78, 5) is 22.6. The van der Waals surface area contributed by atoms with Gasteiger partial charge in [0.05, 0.1) is 23.0 Å². The van der Waals surface area contributed by atoms with Crippen molar-refractivity contribution in [2.24, 2.45) is 0 Å². The Morgan fingerprint density at radius 2 is 2.22 bits per heavy atom. The van der Waals surface area contributed by atoms with E-state index in [9.17, 15) is 9.59 Å². The maximum absolute atomic E-state index is 11.6. The van der Waals surface area contributed by atoms with Crippen molar-refractivity contribution < 1.29 is 9.59 Å². The van der Waals surface area contributed by atoms with Crippen molar-refractivity contribution in [2.45, 2.75) is 18.9 Å². The minimum atomic E-state index is -0.474. The van der Waals surface area contributed by atoms with Crippen LogP contribution in [0.15, 0.2) is 18.2 Å². The third-order valence-corrected chi connectivity index (χ3v) is 2.75. The lowest BCUT2D eigenvalue weighted by Crippen LogP contribution is -2.47. The third-order valence-electron chi connectivity index (χ3n) is 2.75. The molecule has 1 aliphatic rings. The molecule has 6 nitrogen and oxygen atoms in total. The molecule has 0 aliphatic carbocycles. The summed E-state index contributed by atoms with van der Waals surface area (Å²) in [7, 11) is 0. The quantitative estimate of drug-likeness (QED) is 0.514. The first-order valence-electron chi connectivity index (χ1n) is 5.50. The summed E-state index contributed by atoms with van der Waals surface area (Å²) in [6.07, 6.45) is 0.740. The average Bonchev–Trinajstić information content (AvgIpc) is 2.34. The SMILES string of the molecule is N#Cc1ccc(NC2CCC(=O)NC2=O)c(N)c1. The number of nitrogens with zero attached hydrogens (tertiary/aromatic N) is 1. The zero-order valence-corrected chi connectivity index (χ0v) is 9.56. The Labute approximate surface area is 104 Å². The molecule has 1 aromatic carbocycles. The number of amides is 2. The molecule has 4 N–H and O–H groups in total. The summed E-state index contributed by atoms with van der Waals surface area (Å²) in [6, 6.07) is 6.31. The lowest BCUT2D eigenvalue weighted by molar-refractivity contribution is -0.133. The molecule has 0 aromatic heterocycles. The van der Waals surface area contributed by atoms with Crippen LogP contribution in [0.1, 0.15) is 18.4 Å². The molecular formula is C12H12N4O2. The van der Waals surface area contributed by atoms with E-state index < -0.39 is 6.04 Å². The second-order valence-electron chi connectivity index (χ2n) is 4.06. The number of hydrogen-bond donors (Lipinski definition) is 3. The molecule has 1 aliphatic heterocycles. The van der Waals surface area contributed by atoms with Gasteiger partial charge in [0.25, 0.3) is 0 Å². The van der Waals surface area contributed by atoms with E-state index >= 15 is 0 Å². The van der Waals surface area contributed by atoms with Gasteiger partial charge in [0.2, 0.25) is 11.8 Å². The fourth-order valence-electron chi connectivity index (χ4n) is 1.78. The molecule has 0 radical (unpaired) electrons. The normalized spacial score (nSPS) is 18.9. The average molecular weight is 244 g/mol. The standard InChI is InChI=1S/C12H12N4O2/c13-6-7-1-2-9(8(14)5-7)15-10-3-4-11(17)16-12(10)18/h1-2,5,10,15H,3-4,14H2,(H,16,17,18). The molecule has 0 bridgehead atoms. The van der Waals surface area contributed by atoms with Crippen molar-refractivity contribution in [3.05, 3.63) is 23.8 Å². The van der Waals surface area contributed by atoms with Crippen LogP contribution in [0.4, 0.5) is 11.4 Å². The largest absolute Gasteiger partial charge is 0.397 e. The van der Waals surface area contributed by atoms with Crippen LogP contribution in [0.25, 0.3) is 0 Å². The maximum atomic E-state index is 11.6. The summed E-state index contributed by atoms with van der Waals surface area (Å²) in [5.41, 5.74) is 7.22. The van der Waals surface area contributed by atoms with E-state index in [0.29, 0.717) is 29.8 Å². The van der Waals surface area contributed by atoms with Crippen LogP contribution >= 0.6 is 0 Å². The van der Waals surface area contributed by atoms with Crippen molar-refractivity contribution in [2.75, 3.05) is 11.1 Å². The van der Waals surface area contributed by atoms with Crippen LogP contribution in [0.3, 0.4) is 0 Å². The van der Waals surface area contributed by atoms with Gasteiger partial charge in [-0.1, -0.05) is 0 Å². The molecule has 1 heterocycles. The highest BCUT2D eigenvalue weighted by Gasteiger charge is 2.26. The number of nitriles is 1. The van der Waals surface area contributed by atoms with Gasteiger partial charge in [-0.3, -0.25) is 14.9 Å². The van der Waals surface area contributed by atoms with Gasteiger partial charge in [0.15, 0.2) is 0 Å². The summed E-state index contributed by atoms with van der Waals surface area (Å²) in [6.45, 7) is 0. The summed E-state index contributed by atoms with van der Waals surface area (Å²) < 4.78 is 0. The van der Waals surface area contributed by atoms with Crippen LogP contribution in [0.5, 0.6) is 0 Å². The molecule has 92 valence electrons. The number of nitrogen functional groups attached to an aromatic ring is 1. The van der Waals surface area contributed by atoms with E-state index in [-0.39, 0.29) is 11.8 Å². The van der Waals surface area contributed by atoms with Crippen LogP contribution in [-0.2, 0) is 9.59 Å². The van der Waals surface area contributed by atoms with Crippen molar-refractivity contribution in [1.29, 1.82) is 5.26 Å². The summed E-state index contributed by atoms with van der Waals surface area (Å²) in [5.74, 6) is -0.610. The zero-order chi connectivity index (χ0) is 13.1. The molecule has 1 unspecified atom stereocenters. The highest BCUT2D eigenvalue weighted by atomic mass is 16.2. The molecule has 2 amide bonds. The number of benzene rings is 1. The van der Waals surface area contributed by atoms with Crippen LogP contribution in [0.2, 0.25) is 0 Å². The summed E-state index contributed by atoms with van der Waals surface area (Å²) in [5, 5.41) is 13.9. The lowest BCUT2D eigenvalue weighted by atomic mass is 10.1. The number of nitrogens with one attached hydrogen (secondary N) is 2. The van der Waals surface area contributed by atoms with Gasteiger partial charge in [-0.05, 0) is 24.6 Å². The second kappa shape index (κ2) is 4.75. The molecule has 1 atom stereocenters. The van der Waals surface area contributed by atoms with Gasteiger partial charge in [0, 0.05) is 6.42 Å². The Hall–Kier alpha value is -2.55. The Morgan fingerprint density at radius 3 is 2.83 bits per heavy atom. The van der Waals surface area contributed by atoms with Crippen LogP contribution in [0, 0.1) is 11.3 Å². The molecule has 0 saturated carbocycles. The Kier molecular flexibility index (Phi) is 3.15. The summed E-state index contributed by atoms with van der Waals surface area (Å²) >= 11 is 0. The predicted octanol–water partition coefficient (Wildman–Crippen LogP) is 0.358. The van der Waals surface area contributed by atoms with E-state index in [4.69, 9.17) is 11.0 Å². The first-order chi connectivity index (χ1) is 8.60. The van der Waals surface area contributed by atoms with E-state index in [2.05, 4.69) is 10.6 Å². The van der Waals surface area contributed by atoms with Gasteiger partial charge >= 0.3 is 0 Å². The van der Waals surface area contributed by atoms with E-state index in [0.717, 1.165) is 0 Å². The van der Waals surface area contributed by atoms with Gasteiger partial charge in [-0.15, -0.1) is 0 Å². The number of imide groups is 1. The lowest BCUT2D eigenvalue weighted by Gasteiger charge is -2.23. The smallest absolute Gasteiger partial charge is 0.249 e. The molecule has 1 saturated heterocycles. The van der Waals surface area contributed by atoms with E-state index in [1.165, 1.54) is 6.07 Å². The number of anilines is 2. The number of nitrogens with two attached hydrogens (primary N) is 1. The first-order valence-corrected chi connectivity index (χ1v) is 5.50. The third kappa shape index (κ3) is 2.40. The Balaban J connectivity index is 2.12. The van der Waals surface area contributed by atoms with Crippen molar-refractivity contribution in [1.82, 2.24) is 5.32 Å². The molecule has 2 rings (SSSR count). The monoisotopic (exact) mass is 244 g/mol. The molecule has 0 spiro atoms. The minimum Gasteiger partial charge on any atom is -0.397 e. The topological polar surface area (TPSA) is 108 Å². The van der Waals surface area contributed by atoms with Crippen molar-refractivity contribution >= 4 is 23.2 Å². The first kappa shape index (κ1) is 11.9. The van der Waals surface area contributed by atoms with Crippen molar-refractivity contribution in [3.8, 4) is 6.07 Å². The molecule has 18 heavy (non-hydrogen) atoms. The highest BCUT2D eigenvalue weighted by Crippen LogP contribution is 2.22. The highest BCUT2D eigenvalue weighted by molar-refractivity contribution is 6.01. The number of piperidine rings is 1. The fourth-order valence-corrected chi connectivity index (χ4v) is 1.78. The molecule has 1 aromatic rings. The van der Waals surface area contributed by atoms with Gasteiger partial charge in [0.1, 0.15) is 6.04 Å². The van der Waals surface area contributed by atoms with Crippen molar-refractivity contribution in [3.63, 3.8) is 0 Å². The van der Waals surface area contributed by atoms with Crippen LogP contribution < -0.4 is 16.4 Å². The zero-order valence-electron chi connectivity index (χ0n) is 9.56. The number of rotatable bonds is 2. The number of carbonyl (C=O) groups excluding carboxylic acids is 2. The Morgan fingerprint density at radius 1 is 1.44 bits per heavy atom. The second-order valence-corrected chi connectivity index (χ2v) is 4.06.